The van der Waals surface area contributed by atoms with E-state index in [2.05, 4.69) is 20.2 Å². The number of nitrogens with one attached hydrogen (secondary N) is 2. The number of piperazine rings is 1. The number of aromatic nitrogens is 2. The van der Waals surface area contributed by atoms with Crippen molar-refractivity contribution in [3.8, 4) is 0 Å². The van der Waals surface area contributed by atoms with Crippen molar-refractivity contribution in [3.63, 3.8) is 0 Å². The van der Waals surface area contributed by atoms with E-state index in [-0.39, 0.29) is 31.6 Å². The van der Waals surface area contributed by atoms with Crippen molar-refractivity contribution in [2.45, 2.75) is 25.2 Å². The van der Waals surface area contributed by atoms with Crippen LogP contribution < -0.4 is 5.32 Å². The summed E-state index contributed by atoms with van der Waals surface area (Å²) in [6.45, 7) is 3.65. The van der Waals surface area contributed by atoms with Gasteiger partial charge in [0.25, 0.3) is 5.91 Å². The van der Waals surface area contributed by atoms with Gasteiger partial charge in [-0.2, -0.15) is 26.3 Å². The third-order valence-corrected chi connectivity index (χ3v) is 6.30. The Bertz CT molecular complexity index is 1160. The number of aryl methyl sites for hydroxylation is 1. The molecule has 0 unspecified atom stereocenters. The number of rotatable bonds is 8. The summed E-state index contributed by atoms with van der Waals surface area (Å²) in [6.07, 6.45) is -8.27. The van der Waals surface area contributed by atoms with Gasteiger partial charge < -0.3 is 15.2 Å². The quantitative estimate of drug-likeness (QED) is 0.299. The molecule has 6 nitrogen and oxygen atoms in total. The van der Waals surface area contributed by atoms with Crippen molar-refractivity contribution in [1.82, 2.24) is 25.1 Å². The fourth-order valence-corrected chi connectivity index (χ4v) is 4.30. The van der Waals surface area contributed by atoms with Gasteiger partial charge in [0.15, 0.2) is 0 Å². The van der Waals surface area contributed by atoms with Gasteiger partial charge in [-0.05, 0) is 43.3 Å². The lowest BCUT2D eigenvalue weighted by Crippen LogP contribution is -2.50. The molecule has 0 bridgehead atoms. The zero-order valence-corrected chi connectivity index (χ0v) is 21.1. The molecule has 0 atom stereocenters. The zero-order valence-electron chi connectivity index (χ0n) is 20.3. The number of nitrogens with zero attached hydrogens (tertiary/aromatic N) is 3. The number of hydrogen-bond donors (Lipinski definition) is 2. The van der Waals surface area contributed by atoms with Crippen LogP contribution in [-0.2, 0) is 18.8 Å². The Morgan fingerprint density at radius 2 is 1.55 bits per heavy atom. The summed E-state index contributed by atoms with van der Waals surface area (Å²) in [5.41, 5.74) is -1.64. The Morgan fingerprint density at radius 1 is 0.921 bits per heavy atom. The minimum Gasteiger partial charge on any atom is -0.342 e. The molecule has 208 valence electrons. The highest BCUT2D eigenvalue weighted by molar-refractivity contribution is 5.94. The van der Waals surface area contributed by atoms with Crippen molar-refractivity contribution in [2.24, 2.45) is 0 Å². The molecule has 1 fully saturated rings. The second-order valence-corrected chi connectivity index (χ2v) is 8.98. The number of halogens is 7. The van der Waals surface area contributed by atoms with Crippen molar-refractivity contribution in [3.05, 3.63) is 65.0 Å². The summed E-state index contributed by atoms with van der Waals surface area (Å²) in [5, 5.41) is 3.36. The van der Waals surface area contributed by atoms with Gasteiger partial charge in [-0.3, -0.25) is 9.69 Å². The van der Waals surface area contributed by atoms with Crippen LogP contribution in [0.25, 0.3) is 11.0 Å². The maximum absolute atomic E-state index is 13.1. The lowest BCUT2D eigenvalue weighted by Gasteiger charge is -2.35. The third kappa shape index (κ3) is 7.61. The van der Waals surface area contributed by atoms with Crippen LogP contribution in [0.5, 0.6) is 0 Å². The van der Waals surface area contributed by atoms with Crippen LogP contribution in [0.4, 0.5) is 26.3 Å². The van der Waals surface area contributed by atoms with Gasteiger partial charge in [-0.15, -0.1) is 12.4 Å². The zero-order chi connectivity index (χ0) is 26.6. The number of para-hydroxylation sites is 2. The Hall–Kier alpha value is -2.83. The van der Waals surface area contributed by atoms with E-state index < -0.39 is 35.0 Å². The highest BCUT2D eigenvalue weighted by Crippen LogP contribution is 2.36. The molecular weight excluding hydrogens is 536 g/mol. The van der Waals surface area contributed by atoms with Crippen molar-refractivity contribution < 1.29 is 31.1 Å². The van der Waals surface area contributed by atoms with Gasteiger partial charge >= 0.3 is 12.4 Å². The molecule has 2 aromatic carbocycles. The first kappa shape index (κ1) is 29.7. The van der Waals surface area contributed by atoms with Gasteiger partial charge in [0.1, 0.15) is 5.82 Å². The fraction of sp³-hybridized carbons (Fsp3) is 0.440. The lowest BCUT2D eigenvalue weighted by molar-refractivity contribution is -0.143. The van der Waals surface area contributed by atoms with Crippen LogP contribution in [0, 0.1) is 0 Å². The van der Waals surface area contributed by atoms with Crippen LogP contribution >= 0.6 is 12.4 Å². The summed E-state index contributed by atoms with van der Waals surface area (Å²) >= 11 is 0. The second kappa shape index (κ2) is 12.4. The number of benzene rings is 2. The Morgan fingerprint density at radius 3 is 2.16 bits per heavy atom. The summed E-state index contributed by atoms with van der Waals surface area (Å²) in [5.74, 6) is 0.104. The molecule has 38 heavy (non-hydrogen) atoms. The predicted molar refractivity (Wildman–Crippen MR) is 133 cm³/mol. The van der Waals surface area contributed by atoms with E-state index in [1.54, 1.807) is 0 Å². The first-order valence-corrected chi connectivity index (χ1v) is 12.0. The van der Waals surface area contributed by atoms with Crippen LogP contribution in [-0.4, -0.2) is 71.5 Å². The summed E-state index contributed by atoms with van der Waals surface area (Å²) in [7, 11) is 0. The first-order valence-electron chi connectivity index (χ1n) is 12.0. The molecule has 1 aromatic heterocycles. The highest BCUT2D eigenvalue weighted by atomic mass is 35.5. The average Bonchev–Trinajstić information content (AvgIpc) is 3.27. The van der Waals surface area contributed by atoms with E-state index in [9.17, 15) is 31.1 Å². The standard InChI is InChI=1S/C25H27F6N5O.ClH/c26-24(27,28)18-14-17(15-19(16-18)25(29,30)31)23(37)36-12-10-35(11-13-36)9-8-32-7-3-6-22-33-20-4-1-2-5-21(20)34-22;/h1-2,4-5,14-16,32H,3,6-13H2,(H,33,34);1H. The van der Waals surface area contributed by atoms with Crippen molar-refractivity contribution >= 4 is 29.3 Å². The molecule has 4 rings (SSSR count). The van der Waals surface area contributed by atoms with E-state index >= 15 is 0 Å². The van der Waals surface area contributed by atoms with E-state index in [4.69, 9.17) is 0 Å². The highest BCUT2D eigenvalue weighted by Gasteiger charge is 2.38. The number of carbonyl (C=O) groups is 1. The molecule has 0 aliphatic carbocycles. The largest absolute Gasteiger partial charge is 0.416 e. The molecule has 3 aromatic rings. The summed E-state index contributed by atoms with van der Waals surface area (Å²) in [6, 6.07) is 8.84. The topological polar surface area (TPSA) is 64.3 Å². The average molecular weight is 564 g/mol. The number of H-pyrrole nitrogens is 1. The molecule has 2 N–H and O–H groups in total. The summed E-state index contributed by atoms with van der Waals surface area (Å²) < 4.78 is 78.7. The molecule has 0 saturated carbocycles. The third-order valence-electron chi connectivity index (χ3n) is 6.30. The number of aromatic amines is 1. The Labute approximate surface area is 221 Å². The van der Waals surface area contributed by atoms with Crippen LogP contribution in [0.3, 0.4) is 0 Å². The molecular formula is C25H28ClF6N5O. The predicted octanol–water partition coefficient (Wildman–Crippen LogP) is 5.00. The normalized spacial score (nSPS) is 15.1. The van der Waals surface area contributed by atoms with E-state index in [1.165, 1.54) is 4.90 Å². The lowest BCUT2D eigenvalue weighted by atomic mass is 10.0. The number of hydrogen-bond acceptors (Lipinski definition) is 4. The van der Waals surface area contributed by atoms with Gasteiger partial charge in [0, 0.05) is 51.3 Å². The minimum atomic E-state index is -4.99. The maximum atomic E-state index is 13.1. The van der Waals surface area contributed by atoms with Crippen LogP contribution in [0.2, 0.25) is 0 Å². The number of imidazole rings is 1. The molecule has 1 aliphatic rings. The van der Waals surface area contributed by atoms with E-state index in [0.29, 0.717) is 31.8 Å². The number of carbonyl (C=O) groups excluding carboxylic acids is 1. The molecule has 0 radical (unpaired) electrons. The maximum Gasteiger partial charge on any atom is 0.416 e. The molecule has 13 heteroatoms. The number of alkyl halides is 6. The van der Waals surface area contributed by atoms with Crippen molar-refractivity contribution in [2.75, 3.05) is 45.8 Å². The minimum absolute atomic E-state index is 0. The molecule has 0 spiro atoms. The monoisotopic (exact) mass is 563 g/mol. The number of amides is 1. The van der Waals surface area contributed by atoms with E-state index in [0.717, 1.165) is 42.8 Å². The van der Waals surface area contributed by atoms with Gasteiger partial charge in [0.2, 0.25) is 0 Å². The van der Waals surface area contributed by atoms with Gasteiger partial charge in [-0.25, -0.2) is 4.98 Å². The van der Waals surface area contributed by atoms with Crippen LogP contribution in [0.15, 0.2) is 42.5 Å². The first-order chi connectivity index (χ1) is 17.5. The number of fused-ring (bicyclic) bond motifs is 1. The second-order valence-electron chi connectivity index (χ2n) is 8.98. The van der Waals surface area contributed by atoms with Crippen LogP contribution in [0.1, 0.15) is 33.7 Å². The summed E-state index contributed by atoms with van der Waals surface area (Å²) in [4.78, 5) is 24.0. The molecule has 1 amide bonds. The fourth-order valence-electron chi connectivity index (χ4n) is 4.30. The van der Waals surface area contributed by atoms with Gasteiger partial charge in [-0.1, -0.05) is 12.1 Å². The molecule has 1 saturated heterocycles. The molecule has 1 aliphatic heterocycles. The SMILES string of the molecule is Cl.O=C(c1cc(C(F)(F)F)cc(C(F)(F)F)c1)N1CCN(CCNCCCc2nc3ccccc3[nH]2)CC1. The Balaban J connectivity index is 0.00000400. The smallest absolute Gasteiger partial charge is 0.342 e. The Kier molecular flexibility index (Phi) is 9.66. The van der Waals surface area contributed by atoms with Crippen molar-refractivity contribution in [1.29, 1.82) is 0 Å². The van der Waals surface area contributed by atoms with Gasteiger partial charge in [0.05, 0.1) is 22.2 Å². The van der Waals surface area contributed by atoms with E-state index in [1.807, 2.05) is 24.3 Å². The molecule has 2 heterocycles.